The van der Waals surface area contributed by atoms with Crippen molar-refractivity contribution in [1.29, 1.82) is 0 Å². The summed E-state index contributed by atoms with van der Waals surface area (Å²) in [6.45, 7) is 17.1. The Bertz CT molecular complexity index is 674. The maximum atomic E-state index is 9.21. The lowest BCUT2D eigenvalue weighted by Crippen LogP contribution is -2.03. The van der Waals surface area contributed by atoms with E-state index in [9.17, 15) is 5.11 Å². The highest BCUT2D eigenvalue weighted by molar-refractivity contribution is 5.34. The highest BCUT2D eigenvalue weighted by Gasteiger charge is 2.11. The van der Waals surface area contributed by atoms with Gasteiger partial charge >= 0.3 is 0 Å². The molecule has 0 bridgehead atoms. The van der Waals surface area contributed by atoms with Crippen LogP contribution in [0.2, 0.25) is 0 Å². The fourth-order valence-corrected chi connectivity index (χ4v) is 2.89. The van der Waals surface area contributed by atoms with Crippen LogP contribution in [0.4, 0.5) is 0 Å². The third kappa shape index (κ3) is 6.59. The second kappa shape index (κ2) is 11.2. The molecule has 0 unspecified atom stereocenters. The molecule has 0 saturated heterocycles. The fourth-order valence-electron chi connectivity index (χ4n) is 2.89. The third-order valence-electron chi connectivity index (χ3n) is 4.73. The van der Waals surface area contributed by atoms with Gasteiger partial charge in [0.25, 0.3) is 0 Å². The smallest absolute Gasteiger partial charge is 0.140 e. The van der Waals surface area contributed by atoms with Gasteiger partial charge in [0, 0.05) is 11.9 Å². The van der Waals surface area contributed by atoms with Crippen molar-refractivity contribution < 1.29 is 9.84 Å². The molecule has 2 aromatic rings. The van der Waals surface area contributed by atoms with Crippen molar-refractivity contribution in [3.63, 3.8) is 0 Å². The minimum absolute atomic E-state index is 0.0358. The van der Waals surface area contributed by atoms with Crippen LogP contribution in [0, 0.1) is 0 Å². The summed E-state index contributed by atoms with van der Waals surface area (Å²) < 4.78 is 5.33. The number of rotatable bonds is 6. The Balaban J connectivity index is 0.000000280. The highest BCUT2D eigenvalue weighted by atomic mass is 16.5. The van der Waals surface area contributed by atoms with E-state index in [1.807, 2.05) is 6.20 Å². The molecular weight excluding hydrogens is 348 g/mol. The van der Waals surface area contributed by atoms with E-state index in [2.05, 4.69) is 83.6 Å². The average molecular weight is 387 g/mol. The van der Waals surface area contributed by atoms with Gasteiger partial charge in [0.15, 0.2) is 0 Å². The summed E-state index contributed by atoms with van der Waals surface area (Å²) in [7, 11) is 1.70. The standard InChI is InChI=1S/2C12H19NO/c1-8(2)10-6-11(14-5)12(9(3)4)13-7-10;1-8(2)10-5-6-11(9(3)4)13-12(10)7-14/h6-9H,1-5H3;5-6,8-9,14H,7H2,1-4H3. The van der Waals surface area contributed by atoms with Gasteiger partial charge in [-0.3, -0.25) is 9.97 Å². The second-order valence-electron chi connectivity index (χ2n) is 8.41. The van der Waals surface area contributed by atoms with Crippen molar-refractivity contribution in [2.75, 3.05) is 7.11 Å². The molecule has 2 rings (SSSR count). The van der Waals surface area contributed by atoms with Crippen molar-refractivity contribution >= 4 is 0 Å². The molecule has 4 nitrogen and oxygen atoms in total. The highest BCUT2D eigenvalue weighted by Crippen LogP contribution is 2.27. The molecule has 0 aromatic carbocycles. The summed E-state index contributed by atoms with van der Waals surface area (Å²) in [6, 6.07) is 6.23. The van der Waals surface area contributed by atoms with Gasteiger partial charge < -0.3 is 9.84 Å². The SMILES string of the molecule is CC(C)c1ccc(C(C)C)c(CO)n1.COc1cc(C(C)C)cnc1C(C)C. The summed E-state index contributed by atoms with van der Waals surface area (Å²) in [5.41, 5.74) is 5.30. The lowest BCUT2D eigenvalue weighted by molar-refractivity contribution is 0.274. The van der Waals surface area contributed by atoms with E-state index in [0.29, 0.717) is 23.7 Å². The minimum atomic E-state index is 0.0358. The normalized spacial score (nSPS) is 11.2. The van der Waals surface area contributed by atoms with Gasteiger partial charge in [-0.15, -0.1) is 0 Å². The Kier molecular flexibility index (Phi) is 9.60. The van der Waals surface area contributed by atoms with E-state index in [-0.39, 0.29) is 6.61 Å². The topological polar surface area (TPSA) is 55.2 Å². The Morgan fingerprint density at radius 2 is 1.54 bits per heavy atom. The lowest BCUT2D eigenvalue weighted by Gasteiger charge is -2.13. The minimum Gasteiger partial charge on any atom is -0.495 e. The van der Waals surface area contributed by atoms with Crippen molar-refractivity contribution in [1.82, 2.24) is 9.97 Å². The number of pyridine rings is 2. The Morgan fingerprint density at radius 3 is 1.96 bits per heavy atom. The molecule has 0 saturated carbocycles. The van der Waals surface area contributed by atoms with Gasteiger partial charge in [-0.2, -0.15) is 0 Å². The molecule has 0 aliphatic carbocycles. The van der Waals surface area contributed by atoms with Crippen LogP contribution in [0.1, 0.15) is 107 Å². The number of methoxy groups -OCH3 is 1. The van der Waals surface area contributed by atoms with Crippen LogP contribution in [0.5, 0.6) is 5.75 Å². The number of aromatic nitrogens is 2. The first-order chi connectivity index (χ1) is 13.1. The van der Waals surface area contributed by atoms with Gasteiger partial charge in [-0.1, -0.05) is 61.5 Å². The molecule has 2 heterocycles. The number of ether oxygens (including phenoxy) is 1. The molecule has 0 radical (unpaired) electrons. The first kappa shape index (κ1) is 24.1. The first-order valence-corrected chi connectivity index (χ1v) is 10.3. The monoisotopic (exact) mass is 386 g/mol. The number of aliphatic hydroxyl groups is 1. The molecule has 28 heavy (non-hydrogen) atoms. The number of hydrogen-bond donors (Lipinski definition) is 1. The van der Waals surface area contributed by atoms with Crippen LogP contribution in [0.15, 0.2) is 24.4 Å². The largest absolute Gasteiger partial charge is 0.495 e. The maximum Gasteiger partial charge on any atom is 0.140 e. The van der Waals surface area contributed by atoms with Gasteiger partial charge in [0.1, 0.15) is 5.75 Å². The zero-order valence-corrected chi connectivity index (χ0v) is 19.1. The van der Waals surface area contributed by atoms with Crippen molar-refractivity contribution in [2.24, 2.45) is 0 Å². The Morgan fingerprint density at radius 1 is 0.893 bits per heavy atom. The molecule has 156 valence electrons. The van der Waals surface area contributed by atoms with E-state index in [4.69, 9.17) is 4.74 Å². The summed E-state index contributed by atoms with van der Waals surface area (Å²) in [5, 5.41) is 9.21. The lowest BCUT2D eigenvalue weighted by atomic mass is 9.99. The predicted molar refractivity (Wildman–Crippen MR) is 117 cm³/mol. The average Bonchev–Trinajstić information content (AvgIpc) is 2.66. The van der Waals surface area contributed by atoms with Crippen molar-refractivity contribution in [3.05, 3.63) is 52.6 Å². The van der Waals surface area contributed by atoms with Crippen LogP contribution < -0.4 is 4.74 Å². The summed E-state index contributed by atoms with van der Waals surface area (Å²) in [6.07, 6.45) is 1.95. The van der Waals surface area contributed by atoms with Gasteiger partial charge in [0.2, 0.25) is 0 Å². The van der Waals surface area contributed by atoms with E-state index in [0.717, 1.165) is 28.4 Å². The fraction of sp³-hybridized carbons (Fsp3) is 0.583. The number of aliphatic hydroxyl groups excluding tert-OH is 1. The molecule has 1 N–H and O–H groups in total. The van der Waals surface area contributed by atoms with Crippen LogP contribution in [-0.2, 0) is 6.61 Å². The molecule has 0 atom stereocenters. The third-order valence-corrected chi connectivity index (χ3v) is 4.73. The van der Waals surface area contributed by atoms with Crippen molar-refractivity contribution in [3.8, 4) is 5.75 Å². The molecule has 0 aliphatic heterocycles. The molecule has 0 amide bonds. The molecule has 0 fully saturated rings. The second-order valence-corrected chi connectivity index (χ2v) is 8.41. The zero-order valence-electron chi connectivity index (χ0n) is 19.1. The van der Waals surface area contributed by atoms with E-state index < -0.39 is 0 Å². The summed E-state index contributed by atoms with van der Waals surface area (Å²) in [5.74, 6) is 2.65. The van der Waals surface area contributed by atoms with Crippen LogP contribution in [0.3, 0.4) is 0 Å². The number of hydrogen-bond acceptors (Lipinski definition) is 4. The van der Waals surface area contributed by atoms with Gasteiger partial charge in [-0.25, -0.2) is 0 Å². The zero-order chi connectivity index (χ0) is 21.4. The van der Waals surface area contributed by atoms with Crippen LogP contribution in [-0.4, -0.2) is 22.2 Å². The molecular formula is C24H38N2O2. The van der Waals surface area contributed by atoms with Crippen LogP contribution >= 0.6 is 0 Å². The maximum absolute atomic E-state index is 9.21. The first-order valence-electron chi connectivity index (χ1n) is 10.3. The Labute approximate surface area is 171 Å². The van der Waals surface area contributed by atoms with E-state index in [1.54, 1.807) is 7.11 Å². The molecule has 4 heteroatoms. The number of nitrogens with zero attached hydrogens (tertiary/aromatic N) is 2. The van der Waals surface area contributed by atoms with E-state index in [1.165, 1.54) is 5.56 Å². The quantitative estimate of drug-likeness (QED) is 0.646. The van der Waals surface area contributed by atoms with Gasteiger partial charge in [-0.05, 0) is 46.9 Å². The van der Waals surface area contributed by atoms with Crippen LogP contribution in [0.25, 0.3) is 0 Å². The van der Waals surface area contributed by atoms with E-state index >= 15 is 0 Å². The summed E-state index contributed by atoms with van der Waals surface area (Å²) in [4.78, 5) is 8.91. The molecule has 0 aliphatic rings. The summed E-state index contributed by atoms with van der Waals surface area (Å²) >= 11 is 0. The van der Waals surface area contributed by atoms with Crippen molar-refractivity contribution in [2.45, 2.75) is 85.7 Å². The van der Waals surface area contributed by atoms with Gasteiger partial charge in [0.05, 0.1) is 25.1 Å². The molecule has 0 spiro atoms. The predicted octanol–water partition coefficient (Wildman–Crippen LogP) is 6.16. The Hall–Kier alpha value is -1.94. The molecule has 2 aromatic heterocycles.